The van der Waals surface area contributed by atoms with Crippen LogP contribution in [0.1, 0.15) is 55.0 Å². The van der Waals surface area contributed by atoms with Crippen LogP contribution in [-0.4, -0.2) is 36.7 Å². The molecule has 2 aliphatic rings. The molecule has 2 fully saturated rings. The van der Waals surface area contributed by atoms with E-state index in [1.165, 1.54) is 0 Å². The van der Waals surface area contributed by atoms with Crippen molar-refractivity contribution < 1.29 is 13.9 Å². The Morgan fingerprint density at radius 1 is 1.06 bits per heavy atom. The Morgan fingerprint density at radius 2 is 1.83 bits per heavy atom. The molecule has 2 aliphatic heterocycles. The normalized spacial score (nSPS) is 22.9. The largest absolute Gasteiger partial charge is 0.616 e. The Labute approximate surface area is 207 Å². The van der Waals surface area contributed by atoms with Gasteiger partial charge in [0.2, 0.25) is 5.91 Å². The van der Waals surface area contributed by atoms with Gasteiger partial charge in [-0.1, -0.05) is 40.6 Å². The molecule has 8 heteroatoms. The topological polar surface area (TPSA) is 87.2 Å². The molecule has 2 saturated heterocycles. The average molecular weight is 489 g/mol. The molecule has 0 bridgehead atoms. The van der Waals surface area contributed by atoms with E-state index < -0.39 is 11.2 Å². The highest BCUT2D eigenvalue weighted by atomic mass is 32.2. The molecule has 1 amide bonds. The van der Waals surface area contributed by atoms with Crippen LogP contribution < -0.4 is 4.90 Å². The maximum absolute atomic E-state index is 13.0. The third-order valence-corrected chi connectivity index (χ3v) is 8.69. The molecule has 1 atom stereocenters. The molecule has 0 saturated carbocycles. The van der Waals surface area contributed by atoms with Gasteiger partial charge in [0.05, 0.1) is 22.8 Å². The second kappa shape index (κ2) is 8.84. The summed E-state index contributed by atoms with van der Waals surface area (Å²) in [4.78, 5) is 20.1. The minimum Gasteiger partial charge on any atom is -0.616 e. The van der Waals surface area contributed by atoms with E-state index in [9.17, 15) is 9.35 Å². The Bertz CT molecular complexity index is 1370. The molecule has 35 heavy (non-hydrogen) atoms. The summed E-state index contributed by atoms with van der Waals surface area (Å²) in [7, 11) is 0. The molecule has 2 aromatic carbocycles. The maximum Gasteiger partial charge on any atom is 0.227 e. The predicted octanol–water partition coefficient (Wildman–Crippen LogP) is 5.26. The third kappa shape index (κ3) is 3.85. The lowest BCUT2D eigenvalue weighted by molar-refractivity contribution is -0.117. The summed E-state index contributed by atoms with van der Waals surface area (Å²) in [5.74, 6) is 3.23. The fourth-order valence-corrected chi connectivity index (χ4v) is 6.94. The number of hydrogen-bond donors (Lipinski definition) is 0. The van der Waals surface area contributed by atoms with Crippen molar-refractivity contribution in [3.63, 3.8) is 0 Å². The lowest BCUT2D eigenvalue weighted by atomic mass is 10.0. The molecule has 180 valence electrons. The smallest absolute Gasteiger partial charge is 0.227 e. The van der Waals surface area contributed by atoms with Gasteiger partial charge in [0.15, 0.2) is 0 Å². The first-order chi connectivity index (χ1) is 17.0. The van der Waals surface area contributed by atoms with E-state index in [-0.39, 0.29) is 18.0 Å². The Kier molecular flexibility index (Phi) is 5.65. The number of hydrogen-bond acceptors (Lipinski definition) is 5. The fraction of sp³-hybridized carbons (Fsp3) is 0.370. The van der Waals surface area contributed by atoms with E-state index in [1.807, 2.05) is 49.1 Å². The summed E-state index contributed by atoms with van der Waals surface area (Å²) in [6, 6.07) is 16.3. The minimum absolute atomic E-state index is 0.126. The third-order valence-electron chi connectivity index (χ3n) is 7.31. The van der Waals surface area contributed by atoms with E-state index >= 15 is 0 Å². The highest BCUT2D eigenvalue weighted by Crippen LogP contribution is 2.41. The summed E-state index contributed by atoms with van der Waals surface area (Å²) in [5.41, 5.74) is 5.74. The number of nitrogens with zero attached hydrogens (tertiary/aromatic N) is 4. The van der Waals surface area contributed by atoms with Crippen LogP contribution in [0, 0.1) is 13.8 Å². The van der Waals surface area contributed by atoms with Gasteiger partial charge < -0.3 is 18.5 Å². The summed E-state index contributed by atoms with van der Waals surface area (Å²) < 4.78 is 19.9. The summed E-state index contributed by atoms with van der Waals surface area (Å²) >= 11 is -0.752. The lowest BCUT2D eigenvalue weighted by Crippen LogP contribution is -2.31. The van der Waals surface area contributed by atoms with Gasteiger partial charge in [-0.3, -0.25) is 4.79 Å². The zero-order valence-electron chi connectivity index (χ0n) is 19.9. The number of para-hydroxylation sites is 1. The predicted molar refractivity (Wildman–Crippen MR) is 137 cm³/mol. The van der Waals surface area contributed by atoms with Crippen molar-refractivity contribution in [2.24, 2.45) is 0 Å². The molecule has 7 nitrogen and oxygen atoms in total. The van der Waals surface area contributed by atoms with Crippen molar-refractivity contribution in [2.45, 2.75) is 51.6 Å². The van der Waals surface area contributed by atoms with Gasteiger partial charge in [-0.15, -0.1) is 0 Å². The SMILES string of the molecule is Cc1noc(C)c1-c1ccc2c(c1)nc(C1CCC(=O)N1c1ccccc1)n2C1CC[S+]([O-])CC1. The van der Waals surface area contributed by atoms with E-state index in [1.54, 1.807) is 0 Å². The highest BCUT2D eigenvalue weighted by Gasteiger charge is 2.38. The monoisotopic (exact) mass is 488 g/mol. The second-order valence-electron chi connectivity index (χ2n) is 9.48. The van der Waals surface area contributed by atoms with Crippen LogP contribution in [0.5, 0.6) is 0 Å². The van der Waals surface area contributed by atoms with Gasteiger partial charge >= 0.3 is 0 Å². The minimum atomic E-state index is -0.752. The molecule has 0 spiro atoms. The Balaban J connectivity index is 1.50. The number of imidazole rings is 1. The van der Waals surface area contributed by atoms with Crippen molar-refractivity contribution >= 4 is 33.8 Å². The molecule has 0 N–H and O–H groups in total. The van der Waals surface area contributed by atoms with Crippen molar-refractivity contribution in [1.82, 2.24) is 14.7 Å². The Morgan fingerprint density at radius 3 is 2.54 bits per heavy atom. The highest BCUT2D eigenvalue weighted by molar-refractivity contribution is 7.91. The Hall–Kier alpha value is -3.10. The second-order valence-corrected chi connectivity index (χ2v) is 11.2. The summed E-state index contributed by atoms with van der Waals surface area (Å²) in [5, 5.41) is 4.12. The number of rotatable bonds is 4. The molecule has 4 heterocycles. The maximum atomic E-state index is 13.0. The number of amides is 1. The fourth-order valence-electron chi connectivity index (χ4n) is 5.67. The molecule has 1 unspecified atom stereocenters. The van der Waals surface area contributed by atoms with Gasteiger partial charge in [-0.25, -0.2) is 4.98 Å². The van der Waals surface area contributed by atoms with Crippen LogP contribution in [-0.2, 0) is 16.0 Å². The number of aromatic nitrogens is 3. The molecular formula is C27H28N4O3S. The number of carbonyl (C=O) groups is 1. The number of carbonyl (C=O) groups excluding carboxylic acids is 1. The molecule has 6 rings (SSSR count). The van der Waals surface area contributed by atoms with Gasteiger partial charge in [0, 0.05) is 36.6 Å². The van der Waals surface area contributed by atoms with Gasteiger partial charge in [0.25, 0.3) is 0 Å². The molecule has 2 aromatic heterocycles. The number of benzene rings is 2. The van der Waals surface area contributed by atoms with Crippen molar-refractivity contribution in [3.05, 3.63) is 65.8 Å². The summed E-state index contributed by atoms with van der Waals surface area (Å²) in [6.45, 7) is 3.87. The zero-order valence-corrected chi connectivity index (χ0v) is 20.8. The molecule has 0 radical (unpaired) electrons. The van der Waals surface area contributed by atoms with Gasteiger partial charge in [-0.05, 0) is 50.1 Å². The standard InChI is InChI=1S/C27H28N4O3S/c1-17-26(18(2)34-29-17)19-8-9-23-22(16-19)28-27(31(23)21-12-14-35(33)15-13-21)24-10-11-25(32)30(24)20-6-4-3-5-7-20/h3-9,16,21,24H,10-15H2,1-2H3. The van der Waals surface area contributed by atoms with Gasteiger partial charge in [-0.2, -0.15) is 0 Å². The van der Waals surface area contributed by atoms with E-state index in [4.69, 9.17) is 9.51 Å². The van der Waals surface area contributed by atoms with Crippen molar-refractivity contribution in [2.75, 3.05) is 16.4 Å². The van der Waals surface area contributed by atoms with Gasteiger partial charge in [0.1, 0.15) is 23.1 Å². The van der Waals surface area contributed by atoms with Crippen LogP contribution in [0.25, 0.3) is 22.2 Å². The summed E-state index contributed by atoms with van der Waals surface area (Å²) in [6.07, 6.45) is 2.93. The van der Waals surface area contributed by atoms with Crippen LogP contribution in [0.2, 0.25) is 0 Å². The first-order valence-electron chi connectivity index (χ1n) is 12.2. The van der Waals surface area contributed by atoms with Crippen molar-refractivity contribution in [3.8, 4) is 11.1 Å². The number of aryl methyl sites for hydroxylation is 2. The van der Waals surface area contributed by atoms with Crippen LogP contribution in [0.4, 0.5) is 5.69 Å². The molecular weight excluding hydrogens is 460 g/mol. The zero-order chi connectivity index (χ0) is 24.1. The average Bonchev–Trinajstić information content (AvgIpc) is 3.54. The molecule has 0 aliphatic carbocycles. The van der Waals surface area contributed by atoms with E-state index in [0.717, 1.165) is 64.4 Å². The van der Waals surface area contributed by atoms with Crippen LogP contribution in [0.15, 0.2) is 53.1 Å². The first kappa shape index (κ1) is 22.4. The van der Waals surface area contributed by atoms with E-state index in [0.29, 0.717) is 17.9 Å². The van der Waals surface area contributed by atoms with E-state index in [2.05, 4.69) is 27.9 Å². The lowest BCUT2D eigenvalue weighted by Gasteiger charge is -2.30. The number of anilines is 1. The quantitative estimate of drug-likeness (QED) is 0.366. The van der Waals surface area contributed by atoms with Crippen molar-refractivity contribution in [1.29, 1.82) is 0 Å². The number of fused-ring (bicyclic) bond motifs is 1. The first-order valence-corrected chi connectivity index (χ1v) is 13.7. The van der Waals surface area contributed by atoms with Crippen LogP contribution in [0.3, 0.4) is 0 Å². The molecule has 4 aromatic rings. The van der Waals surface area contributed by atoms with Crippen LogP contribution >= 0.6 is 0 Å².